The molecule has 0 aliphatic carbocycles. The van der Waals surface area contributed by atoms with Crippen molar-refractivity contribution in [3.05, 3.63) is 47.9 Å². The van der Waals surface area contributed by atoms with Crippen LogP contribution in [0.3, 0.4) is 0 Å². The number of furan rings is 1. The van der Waals surface area contributed by atoms with Crippen molar-refractivity contribution in [2.45, 2.75) is 31.2 Å². The van der Waals surface area contributed by atoms with Crippen molar-refractivity contribution < 1.29 is 9.21 Å². The van der Waals surface area contributed by atoms with Gasteiger partial charge in [0.15, 0.2) is 0 Å². The minimum absolute atomic E-state index is 0.129. The van der Waals surface area contributed by atoms with Gasteiger partial charge in [0.1, 0.15) is 11.5 Å². The molecule has 1 saturated heterocycles. The summed E-state index contributed by atoms with van der Waals surface area (Å²) in [4.78, 5) is 15.7. The summed E-state index contributed by atoms with van der Waals surface area (Å²) >= 11 is 1.69. The SMILES string of the molecule is CSc1ccc(NC(=O)NCC2CCN(Cc3ccc(C)o3)CC2)cc1. The lowest BCUT2D eigenvalue weighted by atomic mass is 9.97. The molecule has 0 saturated carbocycles. The number of urea groups is 1. The Morgan fingerprint density at radius 3 is 2.54 bits per heavy atom. The Labute approximate surface area is 159 Å². The van der Waals surface area contributed by atoms with E-state index < -0.39 is 0 Å². The maximum atomic E-state index is 12.1. The number of hydrogen-bond acceptors (Lipinski definition) is 4. The van der Waals surface area contributed by atoms with Gasteiger partial charge in [-0.05, 0) is 81.4 Å². The molecule has 6 heteroatoms. The van der Waals surface area contributed by atoms with Crippen LogP contribution in [0.25, 0.3) is 0 Å². The van der Waals surface area contributed by atoms with Crippen molar-refractivity contribution in [2.75, 3.05) is 31.2 Å². The molecule has 0 unspecified atom stereocenters. The molecule has 0 atom stereocenters. The normalized spacial score (nSPS) is 15.8. The van der Waals surface area contributed by atoms with Crippen molar-refractivity contribution >= 4 is 23.5 Å². The molecule has 0 spiro atoms. The molecule has 140 valence electrons. The van der Waals surface area contributed by atoms with Crippen LogP contribution in [0.15, 0.2) is 45.7 Å². The number of rotatable bonds is 6. The molecule has 1 aromatic carbocycles. The zero-order valence-electron chi connectivity index (χ0n) is 15.5. The highest BCUT2D eigenvalue weighted by molar-refractivity contribution is 7.98. The smallest absolute Gasteiger partial charge is 0.319 e. The van der Waals surface area contributed by atoms with Crippen LogP contribution in [0, 0.1) is 12.8 Å². The highest BCUT2D eigenvalue weighted by Gasteiger charge is 2.20. The fourth-order valence-electron chi connectivity index (χ4n) is 3.23. The summed E-state index contributed by atoms with van der Waals surface area (Å²) in [6, 6.07) is 11.8. The number of hydrogen-bond donors (Lipinski definition) is 2. The molecular weight excluding hydrogens is 346 g/mol. The predicted octanol–water partition coefficient (Wildman–Crippen LogP) is 4.34. The van der Waals surface area contributed by atoms with Crippen LogP contribution in [0.5, 0.6) is 0 Å². The van der Waals surface area contributed by atoms with Gasteiger partial charge in [-0.3, -0.25) is 4.90 Å². The lowest BCUT2D eigenvalue weighted by Crippen LogP contribution is -2.39. The average Bonchev–Trinajstić information content (AvgIpc) is 3.06. The third-order valence-corrected chi connectivity index (χ3v) is 5.53. The Hall–Kier alpha value is -1.92. The van der Waals surface area contributed by atoms with Crippen LogP contribution in [-0.2, 0) is 6.54 Å². The number of carbonyl (C=O) groups excluding carboxylic acids is 1. The second-order valence-electron chi connectivity index (χ2n) is 6.80. The van der Waals surface area contributed by atoms with E-state index in [4.69, 9.17) is 4.42 Å². The maximum absolute atomic E-state index is 12.1. The molecule has 5 nitrogen and oxygen atoms in total. The highest BCUT2D eigenvalue weighted by Crippen LogP contribution is 2.20. The number of piperidine rings is 1. The standard InChI is InChI=1S/C20H27N3O2S/c1-15-3-6-18(25-15)14-23-11-9-16(10-12-23)13-21-20(24)22-17-4-7-19(26-2)8-5-17/h3-8,16H,9-14H2,1-2H3,(H2,21,22,24). The average molecular weight is 374 g/mol. The first-order valence-electron chi connectivity index (χ1n) is 9.09. The van der Waals surface area contributed by atoms with Gasteiger partial charge in [0.25, 0.3) is 0 Å². The molecular formula is C20H27N3O2S. The van der Waals surface area contributed by atoms with E-state index >= 15 is 0 Å². The van der Waals surface area contributed by atoms with Crippen molar-refractivity contribution in [3.63, 3.8) is 0 Å². The minimum Gasteiger partial charge on any atom is -0.465 e. The van der Waals surface area contributed by atoms with E-state index in [2.05, 4.69) is 21.6 Å². The maximum Gasteiger partial charge on any atom is 0.319 e. The molecule has 2 N–H and O–H groups in total. The van der Waals surface area contributed by atoms with E-state index in [1.165, 1.54) is 4.90 Å². The van der Waals surface area contributed by atoms with E-state index in [1.807, 2.05) is 43.5 Å². The number of carbonyl (C=O) groups is 1. The molecule has 1 fully saturated rings. The second kappa shape index (κ2) is 9.14. The van der Waals surface area contributed by atoms with Gasteiger partial charge >= 0.3 is 6.03 Å². The monoisotopic (exact) mass is 373 g/mol. The fourth-order valence-corrected chi connectivity index (χ4v) is 3.63. The third-order valence-electron chi connectivity index (χ3n) is 4.78. The number of anilines is 1. The Morgan fingerprint density at radius 2 is 1.92 bits per heavy atom. The highest BCUT2D eigenvalue weighted by atomic mass is 32.2. The summed E-state index contributed by atoms with van der Waals surface area (Å²) in [5, 5.41) is 5.90. The molecule has 2 amide bonds. The second-order valence-corrected chi connectivity index (χ2v) is 7.68. The molecule has 26 heavy (non-hydrogen) atoms. The topological polar surface area (TPSA) is 57.5 Å². The van der Waals surface area contributed by atoms with Gasteiger partial charge in [-0.1, -0.05) is 0 Å². The van der Waals surface area contributed by atoms with Crippen LogP contribution in [0.2, 0.25) is 0 Å². The van der Waals surface area contributed by atoms with Crippen LogP contribution in [0.4, 0.5) is 10.5 Å². The number of benzene rings is 1. The molecule has 2 heterocycles. The lowest BCUT2D eigenvalue weighted by molar-refractivity contribution is 0.165. The van der Waals surface area contributed by atoms with Crippen LogP contribution in [-0.4, -0.2) is 36.8 Å². The number of nitrogens with one attached hydrogen (secondary N) is 2. The largest absolute Gasteiger partial charge is 0.465 e. The molecule has 0 radical (unpaired) electrons. The van der Waals surface area contributed by atoms with Gasteiger partial charge < -0.3 is 15.1 Å². The summed E-state index contributed by atoms with van der Waals surface area (Å²) in [6.45, 7) is 5.67. The van der Waals surface area contributed by atoms with Crippen molar-refractivity contribution in [3.8, 4) is 0 Å². The summed E-state index contributed by atoms with van der Waals surface area (Å²) in [5.74, 6) is 2.54. The zero-order valence-corrected chi connectivity index (χ0v) is 16.3. The Kier molecular flexibility index (Phi) is 6.63. The van der Waals surface area contributed by atoms with Crippen molar-refractivity contribution in [1.29, 1.82) is 0 Å². The first kappa shape index (κ1) is 18.9. The van der Waals surface area contributed by atoms with Gasteiger partial charge in [-0.2, -0.15) is 0 Å². The molecule has 1 aliphatic heterocycles. The van der Waals surface area contributed by atoms with Gasteiger partial charge in [0.05, 0.1) is 6.54 Å². The molecule has 2 aromatic rings. The van der Waals surface area contributed by atoms with Crippen molar-refractivity contribution in [2.24, 2.45) is 5.92 Å². The molecule has 3 rings (SSSR count). The lowest BCUT2D eigenvalue weighted by Gasteiger charge is -2.31. The van der Waals surface area contributed by atoms with Crippen molar-refractivity contribution in [1.82, 2.24) is 10.2 Å². The Morgan fingerprint density at radius 1 is 1.19 bits per heavy atom. The van der Waals surface area contributed by atoms with E-state index in [0.29, 0.717) is 5.92 Å². The molecule has 0 bridgehead atoms. The van der Waals surface area contributed by atoms with Gasteiger partial charge in [-0.25, -0.2) is 4.79 Å². The van der Waals surface area contributed by atoms with E-state index in [1.54, 1.807) is 11.8 Å². The number of amides is 2. The van der Waals surface area contributed by atoms with Crippen LogP contribution < -0.4 is 10.6 Å². The summed E-state index contributed by atoms with van der Waals surface area (Å²) in [7, 11) is 0. The van der Waals surface area contributed by atoms with Gasteiger partial charge in [0.2, 0.25) is 0 Å². The fraction of sp³-hybridized carbons (Fsp3) is 0.450. The Balaban J connectivity index is 1.35. The van der Waals surface area contributed by atoms with E-state index in [-0.39, 0.29) is 6.03 Å². The number of nitrogens with zero attached hydrogens (tertiary/aromatic N) is 1. The summed E-state index contributed by atoms with van der Waals surface area (Å²) in [5.41, 5.74) is 0.823. The van der Waals surface area contributed by atoms with Crippen LogP contribution in [0.1, 0.15) is 24.4 Å². The number of likely N-dealkylation sites (tertiary alicyclic amines) is 1. The van der Waals surface area contributed by atoms with Gasteiger partial charge in [0, 0.05) is 17.1 Å². The number of thioether (sulfide) groups is 1. The third kappa shape index (κ3) is 5.54. The zero-order chi connectivity index (χ0) is 18.4. The van der Waals surface area contributed by atoms with Gasteiger partial charge in [-0.15, -0.1) is 11.8 Å². The quantitative estimate of drug-likeness (QED) is 0.740. The summed E-state index contributed by atoms with van der Waals surface area (Å²) < 4.78 is 5.65. The molecule has 1 aliphatic rings. The Bertz CT molecular complexity index is 706. The number of aryl methyl sites for hydroxylation is 1. The van der Waals surface area contributed by atoms with E-state index in [0.717, 1.165) is 56.2 Å². The van der Waals surface area contributed by atoms with E-state index in [9.17, 15) is 4.79 Å². The van der Waals surface area contributed by atoms with Crippen LogP contribution >= 0.6 is 11.8 Å². The first-order valence-corrected chi connectivity index (χ1v) is 10.3. The minimum atomic E-state index is -0.129. The summed E-state index contributed by atoms with van der Waals surface area (Å²) in [6.07, 6.45) is 4.24. The molecule has 1 aromatic heterocycles. The predicted molar refractivity (Wildman–Crippen MR) is 107 cm³/mol. The first-order chi connectivity index (χ1) is 12.6.